The molecule has 2 heteroatoms. The highest BCUT2D eigenvalue weighted by atomic mass is 16.5. The van der Waals surface area contributed by atoms with Gasteiger partial charge in [0.2, 0.25) is 0 Å². The highest BCUT2D eigenvalue weighted by molar-refractivity contribution is 5.31. The zero-order valence-corrected chi connectivity index (χ0v) is 9.36. The van der Waals surface area contributed by atoms with Crippen LogP contribution in [0.1, 0.15) is 25.3 Å². The normalized spacial score (nSPS) is 19.7. The van der Waals surface area contributed by atoms with E-state index in [-0.39, 0.29) is 0 Å². The van der Waals surface area contributed by atoms with Crippen molar-refractivity contribution in [1.82, 2.24) is 0 Å². The minimum absolute atomic E-state index is 0.391. The van der Waals surface area contributed by atoms with E-state index in [4.69, 9.17) is 4.74 Å². The summed E-state index contributed by atoms with van der Waals surface area (Å²) in [6, 6.07) is 7.90. The molecule has 1 N–H and O–H groups in total. The summed E-state index contributed by atoms with van der Waals surface area (Å²) >= 11 is 0. The molecule has 0 aromatic heterocycles. The lowest BCUT2D eigenvalue weighted by Gasteiger charge is -2.23. The lowest BCUT2D eigenvalue weighted by atomic mass is 10.0. The van der Waals surface area contributed by atoms with Crippen molar-refractivity contribution in [2.75, 3.05) is 6.61 Å². The minimum atomic E-state index is -0.664. The molecule has 0 radical (unpaired) electrons. The molecule has 0 heterocycles. The first kappa shape index (κ1) is 10.5. The van der Waals surface area contributed by atoms with E-state index in [1.54, 1.807) is 0 Å². The molecule has 1 aromatic carbocycles. The summed E-state index contributed by atoms with van der Waals surface area (Å²) in [6.07, 6.45) is 2.26. The highest BCUT2D eigenvalue weighted by Gasteiger charge is 2.40. The zero-order valence-electron chi connectivity index (χ0n) is 9.36. The maximum Gasteiger partial charge on any atom is 0.122 e. The first-order valence-corrected chi connectivity index (χ1v) is 5.50. The number of para-hydroxylation sites is 1. The van der Waals surface area contributed by atoms with Crippen LogP contribution in [0.3, 0.4) is 0 Å². The van der Waals surface area contributed by atoms with Crippen molar-refractivity contribution in [2.45, 2.75) is 32.3 Å². The summed E-state index contributed by atoms with van der Waals surface area (Å²) < 4.78 is 5.65. The molecule has 0 saturated heterocycles. The van der Waals surface area contributed by atoms with Crippen LogP contribution in [-0.4, -0.2) is 17.3 Å². The lowest BCUT2D eigenvalue weighted by Crippen LogP contribution is -2.34. The molecule has 15 heavy (non-hydrogen) atoms. The Morgan fingerprint density at radius 2 is 2.07 bits per heavy atom. The number of aliphatic hydroxyl groups is 1. The van der Waals surface area contributed by atoms with E-state index in [2.05, 4.69) is 0 Å². The van der Waals surface area contributed by atoms with Gasteiger partial charge < -0.3 is 9.84 Å². The van der Waals surface area contributed by atoms with Crippen LogP contribution >= 0.6 is 0 Å². The molecule has 0 aliphatic heterocycles. The maximum atomic E-state index is 10.1. The number of hydrogen-bond donors (Lipinski definition) is 1. The third-order valence-electron chi connectivity index (χ3n) is 3.07. The Kier molecular flexibility index (Phi) is 2.70. The summed E-state index contributed by atoms with van der Waals surface area (Å²) in [4.78, 5) is 0. The molecule has 2 rings (SSSR count). The standard InChI is InChI=1S/C13H18O2/c1-10-5-3-4-6-12(10)15-9-13(2,14)11-7-8-11/h3-6,11,14H,7-9H2,1-2H3. The Bertz CT molecular complexity index is 340. The second kappa shape index (κ2) is 3.86. The monoisotopic (exact) mass is 206 g/mol. The Morgan fingerprint density at radius 3 is 2.67 bits per heavy atom. The van der Waals surface area contributed by atoms with Crippen molar-refractivity contribution in [2.24, 2.45) is 5.92 Å². The summed E-state index contributed by atoms with van der Waals surface area (Å²) in [5, 5.41) is 10.1. The van der Waals surface area contributed by atoms with Crippen molar-refractivity contribution in [3.63, 3.8) is 0 Å². The van der Waals surface area contributed by atoms with E-state index in [0.717, 1.165) is 24.2 Å². The average Bonchev–Trinajstić information content (AvgIpc) is 3.00. The molecule has 1 atom stereocenters. The number of aryl methyl sites for hydroxylation is 1. The van der Waals surface area contributed by atoms with E-state index >= 15 is 0 Å². The third kappa shape index (κ3) is 2.51. The Morgan fingerprint density at radius 1 is 1.40 bits per heavy atom. The molecule has 1 unspecified atom stereocenters. The predicted octanol–water partition coefficient (Wildman–Crippen LogP) is 2.53. The minimum Gasteiger partial charge on any atom is -0.490 e. The molecule has 82 valence electrons. The fourth-order valence-corrected chi connectivity index (χ4v) is 1.77. The Balaban J connectivity index is 1.95. The van der Waals surface area contributed by atoms with E-state index in [1.807, 2.05) is 38.1 Å². The van der Waals surface area contributed by atoms with Crippen molar-refractivity contribution in [3.8, 4) is 5.75 Å². The van der Waals surface area contributed by atoms with E-state index < -0.39 is 5.60 Å². The van der Waals surface area contributed by atoms with Crippen LogP contribution in [-0.2, 0) is 0 Å². The molecule has 1 fully saturated rings. The van der Waals surface area contributed by atoms with Crippen LogP contribution in [0.15, 0.2) is 24.3 Å². The number of rotatable bonds is 4. The van der Waals surface area contributed by atoms with Crippen LogP contribution in [0.5, 0.6) is 5.75 Å². The first-order valence-electron chi connectivity index (χ1n) is 5.50. The number of hydrogen-bond acceptors (Lipinski definition) is 2. The molecule has 1 aliphatic rings. The molecule has 0 spiro atoms. The van der Waals surface area contributed by atoms with Crippen LogP contribution < -0.4 is 4.74 Å². The SMILES string of the molecule is Cc1ccccc1OCC(C)(O)C1CC1. The fraction of sp³-hybridized carbons (Fsp3) is 0.538. The fourth-order valence-electron chi connectivity index (χ4n) is 1.77. The van der Waals surface area contributed by atoms with Gasteiger partial charge in [0, 0.05) is 0 Å². The van der Waals surface area contributed by atoms with Crippen molar-refractivity contribution >= 4 is 0 Å². The summed E-state index contributed by atoms with van der Waals surface area (Å²) in [7, 11) is 0. The Hall–Kier alpha value is -1.02. The van der Waals surface area contributed by atoms with Gasteiger partial charge in [-0.1, -0.05) is 18.2 Å². The number of benzene rings is 1. The largest absolute Gasteiger partial charge is 0.490 e. The molecule has 1 aromatic rings. The van der Waals surface area contributed by atoms with E-state index in [9.17, 15) is 5.11 Å². The van der Waals surface area contributed by atoms with Crippen LogP contribution in [0.25, 0.3) is 0 Å². The van der Waals surface area contributed by atoms with Crippen molar-refractivity contribution in [3.05, 3.63) is 29.8 Å². The third-order valence-corrected chi connectivity index (χ3v) is 3.07. The quantitative estimate of drug-likeness (QED) is 0.820. The van der Waals surface area contributed by atoms with Crippen LogP contribution in [0.4, 0.5) is 0 Å². The lowest BCUT2D eigenvalue weighted by molar-refractivity contribution is -0.00780. The van der Waals surface area contributed by atoms with Gasteiger partial charge in [-0.25, -0.2) is 0 Å². The van der Waals surface area contributed by atoms with Gasteiger partial charge in [-0.3, -0.25) is 0 Å². The molecule has 0 amide bonds. The van der Waals surface area contributed by atoms with Gasteiger partial charge in [-0.2, -0.15) is 0 Å². The van der Waals surface area contributed by atoms with Crippen LogP contribution in [0, 0.1) is 12.8 Å². The first-order chi connectivity index (χ1) is 7.09. The molecule has 1 saturated carbocycles. The summed E-state index contributed by atoms with van der Waals surface area (Å²) in [6.45, 7) is 4.27. The van der Waals surface area contributed by atoms with Crippen molar-refractivity contribution < 1.29 is 9.84 Å². The molecule has 1 aliphatic carbocycles. The predicted molar refractivity (Wildman–Crippen MR) is 60.0 cm³/mol. The average molecular weight is 206 g/mol. The zero-order chi connectivity index (χ0) is 10.9. The smallest absolute Gasteiger partial charge is 0.122 e. The Labute approximate surface area is 90.9 Å². The summed E-state index contributed by atoms with van der Waals surface area (Å²) in [5.41, 5.74) is 0.451. The van der Waals surface area contributed by atoms with Crippen LogP contribution in [0.2, 0.25) is 0 Å². The molecule has 2 nitrogen and oxygen atoms in total. The van der Waals surface area contributed by atoms with Gasteiger partial charge in [0.15, 0.2) is 0 Å². The van der Waals surface area contributed by atoms with Gasteiger partial charge >= 0.3 is 0 Å². The van der Waals surface area contributed by atoms with Gasteiger partial charge in [0.05, 0.1) is 5.60 Å². The topological polar surface area (TPSA) is 29.5 Å². The summed E-state index contributed by atoms with van der Waals surface area (Å²) in [5.74, 6) is 1.31. The second-order valence-corrected chi connectivity index (χ2v) is 4.69. The van der Waals surface area contributed by atoms with Gasteiger partial charge in [-0.15, -0.1) is 0 Å². The van der Waals surface area contributed by atoms with E-state index in [1.165, 1.54) is 0 Å². The highest BCUT2D eigenvalue weighted by Crippen LogP contribution is 2.39. The van der Waals surface area contributed by atoms with Gasteiger partial charge in [-0.05, 0) is 44.2 Å². The maximum absolute atomic E-state index is 10.1. The molecular formula is C13H18O2. The van der Waals surface area contributed by atoms with Gasteiger partial charge in [0.1, 0.15) is 12.4 Å². The number of ether oxygens (including phenoxy) is 1. The van der Waals surface area contributed by atoms with Gasteiger partial charge in [0.25, 0.3) is 0 Å². The molecule has 0 bridgehead atoms. The van der Waals surface area contributed by atoms with E-state index in [0.29, 0.717) is 12.5 Å². The molecular weight excluding hydrogens is 188 g/mol. The second-order valence-electron chi connectivity index (χ2n) is 4.69. The van der Waals surface area contributed by atoms with Crippen molar-refractivity contribution in [1.29, 1.82) is 0 Å².